The molecule has 0 saturated carbocycles. The van der Waals surface area contributed by atoms with Gasteiger partial charge in [-0.15, -0.1) is 0 Å². The summed E-state index contributed by atoms with van der Waals surface area (Å²) in [4.78, 5) is 7.09. The minimum atomic E-state index is -1.41. The third-order valence-corrected chi connectivity index (χ3v) is 8.56. The van der Waals surface area contributed by atoms with Gasteiger partial charge in [0, 0.05) is 0 Å². The average molecular weight is 577 g/mol. The van der Waals surface area contributed by atoms with E-state index in [1.165, 1.54) is 49.3 Å². The Kier molecular flexibility index (Phi) is 11.3. The van der Waals surface area contributed by atoms with Gasteiger partial charge in [0.1, 0.15) is 0 Å². The summed E-state index contributed by atoms with van der Waals surface area (Å²) < 4.78 is 6.86. The van der Waals surface area contributed by atoms with E-state index in [1.54, 1.807) is 0 Å². The Morgan fingerprint density at radius 1 is 0.706 bits per heavy atom. The van der Waals surface area contributed by atoms with Crippen molar-refractivity contribution >= 4 is 45.2 Å². The normalized spacial score (nSPS) is 12.2. The standard InChI is InChI=1S/C28H33OSi.3CH3.Sn/c1-19-15-21(3)27(22(4)16-19)30(28-23(5)17-20(2)18-24(28)6)29-25(7)13-14-26-11-9-8-10-12-26;;;;/h8-18,25H,1-7H3;3*1H3;/b14-13+;;;;/t25-;;;;/m0..../s1. The number of hydrogen-bond acceptors (Lipinski definition) is 1. The summed E-state index contributed by atoms with van der Waals surface area (Å²) in [5, 5.41) is 2.78. The molecule has 0 aliphatic rings. The molecule has 3 rings (SSSR count). The van der Waals surface area contributed by atoms with Gasteiger partial charge in [-0.2, -0.15) is 0 Å². The van der Waals surface area contributed by atoms with Gasteiger partial charge >= 0.3 is 34.6 Å². The third-order valence-electron chi connectivity index (χ3n) is 5.47. The van der Waals surface area contributed by atoms with Crippen LogP contribution in [0, 0.1) is 41.5 Å². The molecule has 3 heteroatoms. The monoisotopic (exact) mass is 578 g/mol. The van der Waals surface area contributed by atoms with Crippen LogP contribution >= 0.6 is 0 Å². The van der Waals surface area contributed by atoms with E-state index in [0.29, 0.717) is 0 Å². The van der Waals surface area contributed by atoms with Gasteiger partial charge in [-0.25, -0.2) is 0 Å². The van der Waals surface area contributed by atoms with E-state index in [4.69, 9.17) is 4.43 Å². The van der Waals surface area contributed by atoms with Crippen LogP contribution in [0.1, 0.15) is 45.9 Å². The fourth-order valence-corrected chi connectivity index (χ4v) is 7.01. The molecule has 0 heterocycles. The Bertz CT molecular complexity index is 995. The van der Waals surface area contributed by atoms with Crippen LogP contribution in [0.5, 0.6) is 0 Å². The van der Waals surface area contributed by atoms with Crippen molar-refractivity contribution in [3.63, 3.8) is 0 Å². The predicted molar refractivity (Wildman–Crippen MR) is 156 cm³/mol. The second-order valence-corrected chi connectivity index (χ2v) is 20.4. The number of rotatable bonds is 6. The van der Waals surface area contributed by atoms with Crippen molar-refractivity contribution in [2.24, 2.45) is 0 Å². The molecule has 0 aliphatic carbocycles. The molecule has 3 aromatic carbocycles. The van der Waals surface area contributed by atoms with Crippen LogP contribution in [0.4, 0.5) is 0 Å². The molecule has 0 bridgehead atoms. The van der Waals surface area contributed by atoms with Crippen molar-refractivity contribution < 1.29 is 4.43 Å². The molecule has 0 aromatic heterocycles. The molecule has 1 atom stereocenters. The molecule has 180 valence electrons. The molecular weight excluding hydrogens is 535 g/mol. The summed E-state index contributed by atoms with van der Waals surface area (Å²) in [7, 11) is -1.41. The molecule has 0 aliphatic heterocycles. The topological polar surface area (TPSA) is 9.23 Å². The van der Waals surface area contributed by atoms with Gasteiger partial charge in [-0.05, 0) is 86.7 Å². The Morgan fingerprint density at radius 2 is 1.09 bits per heavy atom. The zero-order valence-electron chi connectivity index (χ0n) is 22.8. The van der Waals surface area contributed by atoms with E-state index in [1.807, 2.05) is 6.07 Å². The van der Waals surface area contributed by atoms with Crippen LogP contribution in [0.3, 0.4) is 0 Å². The number of aryl methyl sites for hydroxylation is 6. The van der Waals surface area contributed by atoms with E-state index in [-0.39, 0.29) is 6.10 Å². The average Bonchev–Trinajstić information content (AvgIpc) is 2.71. The third kappa shape index (κ3) is 8.55. The fraction of sp³-hybridized carbons (Fsp3) is 0.355. The van der Waals surface area contributed by atoms with Gasteiger partial charge < -0.3 is 4.43 Å². The summed E-state index contributed by atoms with van der Waals surface area (Å²) >= 11 is -0.543. The molecule has 0 amide bonds. The summed E-state index contributed by atoms with van der Waals surface area (Å²) in [5.41, 5.74) is 9.15. The summed E-state index contributed by atoms with van der Waals surface area (Å²) in [6.45, 7) is 15.4. The van der Waals surface area contributed by atoms with Crippen molar-refractivity contribution in [2.75, 3.05) is 0 Å². The second-order valence-electron chi connectivity index (χ2n) is 9.97. The minimum absolute atomic E-state index is 0.0271. The molecule has 0 fully saturated rings. The molecule has 3 aromatic rings. The Balaban J connectivity index is 0.000000945. The molecule has 1 nitrogen and oxygen atoms in total. The molecule has 0 N–H and O–H groups in total. The quantitative estimate of drug-likeness (QED) is 0.283. The van der Waals surface area contributed by atoms with Gasteiger partial charge in [0.15, 0.2) is 0 Å². The molecule has 0 spiro atoms. The fourth-order valence-electron chi connectivity index (χ4n) is 4.36. The SMILES string of the molecule is Cc1cc(C)c([Si](O[C@@H](C)/C=C/c2ccccc2)c2c(C)cc(C)cc2C)c(C)c1.[CH3][Sn]([CH3])[CH3]. The van der Waals surface area contributed by atoms with Crippen molar-refractivity contribution in [1.29, 1.82) is 0 Å². The van der Waals surface area contributed by atoms with Crippen LogP contribution in [-0.4, -0.2) is 34.9 Å². The first kappa shape index (κ1) is 28.6. The number of benzene rings is 3. The van der Waals surface area contributed by atoms with E-state index < -0.39 is 28.8 Å². The van der Waals surface area contributed by atoms with E-state index >= 15 is 0 Å². The van der Waals surface area contributed by atoms with E-state index in [0.717, 1.165) is 0 Å². The van der Waals surface area contributed by atoms with Crippen LogP contribution < -0.4 is 10.4 Å². The number of hydrogen-bond donors (Lipinski definition) is 0. The van der Waals surface area contributed by atoms with E-state index in [2.05, 4.69) is 124 Å². The van der Waals surface area contributed by atoms with Crippen LogP contribution in [0.2, 0.25) is 14.8 Å². The first-order chi connectivity index (χ1) is 16.0. The first-order valence-electron chi connectivity index (χ1n) is 12.2. The van der Waals surface area contributed by atoms with Gasteiger partial charge in [-0.3, -0.25) is 0 Å². The van der Waals surface area contributed by atoms with Gasteiger partial charge in [0.05, 0.1) is 6.10 Å². The van der Waals surface area contributed by atoms with Crippen molar-refractivity contribution in [2.45, 2.75) is 69.4 Å². The van der Waals surface area contributed by atoms with Crippen LogP contribution in [0.25, 0.3) is 6.08 Å². The molecule has 34 heavy (non-hydrogen) atoms. The first-order valence-corrected chi connectivity index (χ1v) is 22.2. The Hall–Kier alpha value is -1.62. The van der Waals surface area contributed by atoms with Crippen molar-refractivity contribution in [3.05, 3.63) is 99.6 Å². The van der Waals surface area contributed by atoms with Crippen LogP contribution in [0.15, 0.2) is 60.7 Å². The maximum atomic E-state index is 6.86. The summed E-state index contributed by atoms with van der Waals surface area (Å²) in [6, 6.07) is 19.6. The zero-order valence-corrected chi connectivity index (χ0v) is 26.7. The van der Waals surface area contributed by atoms with Gasteiger partial charge in [-0.1, -0.05) is 77.9 Å². The van der Waals surface area contributed by atoms with Crippen LogP contribution in [-0.2, 0) is 4.43 Å². The molecular formula is C31H42OSiSn. The van der Waals surface area contributed by atoms with Crippen molar-refractivity contribution in [1.82, 2.24) is 0 Å². The second kappa shape index (κ2) is 13.5. The molecule has 0 saturated heterocycles. The zero-order chi connectivity index (χ0) is 25.4. The summed E-state index contributed by atoms with van der Waals surface area (Å²) in [5.74, 6) is 0. The van der Waals surface area contributed by atoms with Gasteiger partial charge in [0.2, 0.25) is 0 Å². The Morgan fingerprint density at radius 3 is 1.47 bits per heavy atom. The van der Waals surface area contributed by atoms with Crippen molar-refractivity contribution in [3.8, 4) is 0 Å². The molecule has 0 unspecified atom stereocenters. The summed E-state index contributed by atoms with van der Waals surface area (Å²) in [6.07, 6.45) is 4.37. The van der Waals surface area contributed by atoms with E-state index in [9.17, 15) is 0 Å². The maximum absolute atomic E-state index is 6.86. The predicted octanol–water partition coefficient (Wildman–Crippen LogP) is 7.13. The van der Waals surface area contributed by atoms with Gasteiger partial charge in [0.25, 0.3) is 9.04 Å². The Labute approximate surface area is 217 Å². The molecule has 2 radical (unpaired) electrons.